The lowest BCUT2D eigenvalue weighted by atomic mass is 9.99. The van der Waals surface area contributed by atoms with Gasteiger partial charge in [0, 0.05) is 11.6 Å². The molecule has 1 nitrogen and oxygen atoms in total. The number of rotatable bonds is 0. The highest BCUT2D eigenvalue weighted by molar-refractivity contribution is 8.93. The number of hydrogen-bond donors (Lipinski definition) is 0. The van der Waals surface area contributed by atoms with Crippen molar-refractivity contribution in [2.45, 2.75) is 19.8 Å². The van der Waals surface area contributed by atoms with Crippen LogP contribution >= 0.6 is 17.0 Å². The first kappa shape index (κ1) is 9.46. The van der Waals surface area contributed by atoms with E-state index in [1.165, 1.54) is 11.3 Å². The predicted octanol–water partition coefficient (Wildman–Crippen LogP) is 3.47. The second-order valence-corrected chi connectivity index (χ2v) is 3.03. The molecule has 1 aromatic carbocycles. The lowest BCUT2D eigenvalue weighted by molar-refractivity contribution is 1.05. The van der Waals surface area contributed by atoms with Gasteiger partial charge in [0.25, 0.3) is 0 Å². The summed E-state index contributed by atoms with van der Waals surface area (Å²) >= 11 is 0. The maximum absolute atomic E-state index is 4.45. The molecular weight excluding hydrogens is 214 g/mol. The minimum Gasteiger partial charge on any atom is -0.257 e. The standard InChI is InChI=1S/C10H11N.BrH/c1-7-8(2)11-10-6-4-3-5-9(7)10;/h3-7H,1-2H3;1H. The van der Waals surface area contributed by atoms with Crippen LogP contribution < -0.4 is 0 Å². The molecule has 1 heterocycles. The van der Waals surface area contributed by atoms with Crippen molar-refractivity contribution >= 4 is 28.4 Å². The third kappa shape index (κ3) is 1.31. The Labute approximate surface area is 83.3 Å². The highest BCUT2D eigenvalue weighted by Gasteiger charge is 2.18. The number of hydrogen-bond acceptors (Lipinski definition) is 1. The fourth-order valence-corrected chi connectivity index (χ4v) is 1.47. The van der Waals surface area contributed by atoms with E-state index in [4.69, 9.17) is 0 Å². The zero-order chi connectivity index (χ0) is 7.84. The van der Waals surface area contributed by atoms with Gasteiger partial charge in [0.15, 0.2) is 0 Å². The van der Waals surface area contributed by atoms with Crippen molar-refractivity contribution < 1.29 is 0 Å². The topological polar surface area (TPSA) is 12.4 Å². The van der Waals surface area contributed by atoms with E-state index in [2.05, 4.69) is 37.0 Å². The van der Waals surface area contributed by atoms with E-state index in [-0.39, 0.29) is 17.0 Å². The maximum Gasteiger partial charge on any atom is 0.0667 e. The Bertz CT molecular complexity index is 317. The monoisotopic (exact) mass is 225 g/mol. The minimum absolute atomic E-state index is 0. The van der Waals surface area contributed by atoms with Gasteiger partial charge in [0.2, 0.25) is 0 Å². The summed E-state index contributed by atoms with van der Waals surface area (Å²) in [4.78, 5) is 4.45. The second kappa shape index (κ2) is 3.40. The molecule has 0 aliphatic carbocycles. The van der Waals surface area contributed by atoms with Gasteiger partial charge in [-0.1, -0.05) is 25.1 Å². The SMILES string of the molecule is Br.CC1=Nc2ccccc2C1C. The highest BCUT2D eigenvalue weighted by Crippen LogP contribution is 2.34. The summed E-state index contributed by atoms with van der Waals surface area (Å²) < 4.78 is 0. The van der Waals surface area contributed by atoms with Crippen LogP contribution in [0.1, 0.15) is 25.3 Å². The van der Waals surface area contributed by atoms with Crippen LogP contribution in [0.15, 0.2) is 29.3 Å². The molecule has 0 saturated carbocycles. The minimum atomic E-state index is 0. The van der Waals surface area contributed by atoms with Crippen LogP contribution in [-0.2, 0) is 0 Å². The van der Waals surface area contributed by atoms with E-state index in [0.717, 1.165) is 5.69 Å². The number of para-hydroxylation sites is 1. The van der Waals surface area contributed by atoms with Crippen LogP contribution in [0, 0.1) is 0 Å². The number of aliphatic imine (C=N–C) groups is 1. The third-order valence-corrected chi connectivity index (χ3v) is 2.33. The van der Waals surface area contributed by atoms with Gasteiger partial charge < -0.3 is 0 Å². The smallest absolute Gasteiger partial charge is 0.0667 e. The number of nitrogens with zero attached hydrogens (tertiary/aromatic N) is 1. The zero-order valence-corrected chi connectivity index (χ0v) is 8.96. The van der Waals surface area contributed by atoms with Crippen molar-refractivity contribution in [1.29, 1.82) is 0 Å². The largest absolute Gasteiger partial charge is 0.257 e. The van der Waals surface area contributed by atoms with Crippen LogP contribution in [0.2, 0.25) is 0 Å². The Morgan fingerprint density at radius 1 is 1.25 bits per heavy atom. The van der Waals surface area contributed by atoms with Crippen molar-refractivity contribution in [1.82, 2.24) is 0 Å². The summed E-state index contributed by atoms with van der Waals surface area (Å²) in [6.45, 7) is 4.29. The average Bonchev–Trinajstić information content (AvgIpc) is 2.30. The Kier molecular flexibility index (Phi) is 2.68. The Hall–Kier alpha value is -0.630. The summed E-state index contributed by atoms with van der Waals surface area (Å²) in [6, 6.07) is 8.33. The molecule has 0 N–H and O–H groups in total. The fourth-order valence-electron chi connectivity index (χ4n) is 1.47. The van der Waals surface area contributed by atoms with Crippen LogP contribution in [0.5, 0.6) is 0 Å². The summed E-state index contributed by atoms with van der Waals surface area (Å²) in [5.74, 6) is 0.520. The molecule has 1 unspecified atom stereocenters. The molecule has 0 bridgehead atoms. The van der Waals surface area contributed by atoms with Crippen molar-refractivity contribution in [2.24, 2.45) is 4.99 Å². The van der Waals surface area contributed by atoms with Crippen molar-refractivity contribution in [3.05, 3.63) is 29.8 Å². The molecule has 0 radical (unpaired) electrons. The van der Waals surface area contributed by atoms with Crippen LogP contribution in [0.3, 0.4) is 0 Å². The normalized spacial score (nSPS) is 19.5. The fraction of sp³-hybridized carbons (Fsp3) is 0.300. The first-order valence-electron chi connectivity index (χ1n) is 3.93. The first-order chi connectivity index (χ1) is 5.29. The van der Waals surface area contributed by atoms with Gasteiger partial charge in [0.05, 0.1) is 5.69 Å². The average molecular weight is 226 g/mol. The molecule has 0 amide bonds. The van der Waals surface area contributed by atoms with E-state index in [1.54, 1.807) is 0 Å². The van der Waals surface area contributed by atoms with Gasteiger partial charge in [-0.05, 0) is 18.6 Å². The first-order valence-corrected chi connectivity index (χ1v) is 3.93. The van der Waals surface area contributed by atoms with Crippen LogP contribution in [0.4, 0.5) is 5.69 Å². The lowest BCUT2D eigenvalue weighted by Gasteiger charge is -2.02. The quantitative estimate of drug-likeness (QED) is 0.642. The Balaban J connectivity index is 0.000000720. The molecule has 2 heteroatoms. The second-order valence-electron chi connectivity index (χ2n) is 3.03. The van der Waals surface area contributed by atoms with Gasteiger partial charge in [-0.15, -0.1) is 17.0 Å². The Morgan fingerprint density at radius 2 is 1.92 bits per heavy atom. The third-order valence-electron chi connectivity index (χ3n) is 2.33. The molecule has 2 rings (SSSR count). The van der Waals surface area contributed by atoms with Gasteiger partial charge in [0.1, 0.15) is 0 Å². The van der Waals surface area contributed by atoms with E-state index >= 15 is 0 Å². The molecule has 0 aromatic heterocycles. The zero-order valence-electron chi connectivity index (χ0n) is 7.24. The van der Waals surface area contributed by atoms with Crippen molar-refractivity contribution in [3.8, 4) is 0 Å². The van der Waals surface area contributed by atoms with Crippen LogP contribution in [0.25, 0.3) is 0 Å². The maximum atomic E-state index is 4.45. The van der Waals surface area contributed by atoms with E-state index in [1.807, 2.05) is 6.07 Å². The molecule has 1 aliphatic heterocycles. The van der Waals surface area contributed by atoms with Gasteiger partial charge in [-0.25, -0.2) is 0 Å². The van der Waals surface area contributed by atoms with Crippen LogP contribution in [-0.4, -0.2) is 5.71 Å². The van der Waals surface area contributed by atoms with E-state index in [0.29, 0.717) is 5.92 Å². The molecule has 12 heavy (non-hydrogen) atoms. The molecule has 64 valence electrons. The molecule has 1 aliphatic rings. The van der Waals surface area contributed by atoms with Crippen molar-refractivity contribution in [3.63, 3.8) is 0 Å². The van der Waals surface area contributed by atoms with E-state index in [9.17, 15) is 0 Å². The molecular formula is C10H12BrN. The molecule has 1 atom stereocenters. The van der Waals surface area contributed by atoms with Gasteiger partial charge in [-0.2, -0.15) is 0 Å². The molecule has 0 fully saturated rings. The predicted molar refractivity (Wildman–Crippen MR) is 57.9 cm³/mol. The van der Waals surface area contributed by atoms with E-state index < -0.39 is 0 Å². The van der Waals surface area contributed by atoms with Crippen molar-refractivity contribution in [2.75, 3.05) is 0 Å². The lowest BCUT2D eigenvalue weighted by Crippen LogP contribution is -1.97. The molecule has 0 saturated heterocycles. The number of halogens is 1. The summed E-state index contributed by atoms with van der Waals surface area (Å²) in [7, 11) is 0. The number of benzene rings is 1. The molecule has 1 aromatic rings. The highest BCUT2D eigenvalue weighted by atomic mass is 79.9. The Morgan fingerprint density at radius 3 is 2.58 bits per heavy atom. The molecule has 0 spiro atoms. The number of fused-ring (bicyclic) bond motifs is 1. The van der Waals surface area contributed by atoms with Gasteiger partial charge >= 0.3 is 0 Å². The summed E-state index contributed by atoms with van der Waals surface area (Å²) in [5, 5.41) is 0. The van der Waals surface area contributed by atoms with Gasteiger partial charge in [-0.3, -0.25) is 4.99 Å². The summed E-state index contributed by atoms with van der Waals surface area (Å²) in [5.41, 5.74) is 3.74. The summed E-state index contributed by atoms with van der Waals surface area (Å²) in [6.07, 6.45) is 0.